The van der Waals surface area contributed by atoms with Gasteiger partial charge in [-0.05, 0) is 26.0 Å². The topological polar surface area (TPSA) is 42.0 Å². The first-order valence-corrected chi connectivity index (χ1v) is 3.95. The van der Waals surface area contributed by atoms with Crippen molar-refractivity contribution in [3.63, 3.8) is 0 Å². The molecule has 3 heteroatoms. The predicted molar refractivity (Wildman–Crippen MR) is 47.0 cm³/mol. The van der Waals surface area contributed by atoms with Gasteiger partial charge in [0.05, 0.1) is 5.56 Å². The average molecular weight is 164 g/mol. The molecule has 0 saturated carbocycles. The number of nitrogens with one attached hydrogen (secondary N) is 1. The maximum absolute atomic E-state index is 11.3. The second kappa shape index (κ2) is 3.85. The van der Waals surface area contributed by atoms with Gasteiger partial charge in [-0.25, -0.2) is 0 Å². The van der Waals surface area contributed by atoms with Crippen LogP contribution in [0.4, 0.5) is 0 Å². The Bertz CT molecular complexity index is 284. The highest BCUT2D eigenvalue weighted by Gasteiger charge is 2.06. The van der Waals surface area contributed by atoms with Crippen LogP contribution in [0.2, 0.25) is 0 Å². The smallest absolute Gasteiger partial charge is 0.253 e. The number of carbonyl (C=O) groups is 1. The monoisotopic (exact) mass is 164 g/mol. The SMILES string of the molecule is CCNC(=O)c1cccnc1C. The van der Waals surface area contributed by atoms with Gasteiger partial charge in [-0.15, -0.1) is 0 Å². The van der Waals surface area contributed by atoms with Crippen LogP contribution in [0.3, 0.4) is 0 Å². The van der Waals surface area contributed by atoms with Crippen molar-refractivity contribution in [2.75, 3.05) is 6.54 Å². The summed E-state index contributed by atoms with van der Waals surface area (Å²) in [5.41, 5.74) is 1.42. The van der Waals surface area contributed by atoms with E-state index in [4.69, 9.17) is 0 Å². The van der Waals surface area contributed by atoms with E-state index in [1.54, 1.807) is 18.3 Å². The lowest BCUT2D eigenvalue weighted by atomic mass is 10.2. The minimum absolute atomic E-state index is 0.0527. The van der Waals surface area contributed by atoms with Crippen molar-refractivity contribution in [2.45, 2.75) is 13.8 Å². The zero-order valence-corrected chi connectivity index (χ0v) is 7.29. The van der Waals surface area contributed by atoms with Crippen LogP contribution in [0.5, 0.6) is 0 Å². The van der Waals surface area contributed by atoms with E-state index >= 15 is 0 Å². The summed E-state index contributed by atoms with van der Waals surface area (Å²) < 4.78 is 0. The molecule has 0 aromatic carbocycles. The first kappa shape index (κ1) is 8.71. The van der Waals surface area contributed by atoms with Gasteiger partial charge in [-0.2, -0.15) is 0 Å². The summed E-state index contributed by atoms with van der Waals surface area (Å²) in [4.78, 5) is 15.3. The van der Waals surface area contributed by atoms with Gasteiger partial charge < -0.3 is 5.32 Å². The fourth-order valence-corrected chi connectivity index (χ4v) is 0.980. The van der Waals surface area contributed by atoms with Crippen molar-refractivity contribution in [3.05, 3.63) is 29.6 Å². The van der Waals surface area contributed by atoms with E-state index in [0.29, 0.717) is 12.1 Å². The lowest BCUT2D eigenvalue weighted by molar-refractivity contribution is 0.0955. The van der Waals surface area contributed by atoms with E-state index < -0.39 is 0 Å². The summed E-state index contributed by atoms with van der Waals surface area (Å²) in [6.07, 6.45) is 1.68. The van der Waals surface area contributed by atoms with Crippen LogP contribution in [0.15, 0.2) is 18.3 Å². The molecule has 0 spiro atoms. The molecule has 0 atom stereocenters. The number of nitrogens with zero attached hydrogens (tertiary/aromatic N) is 1. The molecule has 1 aromatic rings. The van der Waals surface area contributed by atoms with Crippen molar-refractivity contribution < 1.29 is 4.79 Å². The van der Waals surface area contributed by atoms with E-state index in [0.717, 1.165) is 5.69 Å². The first-order valence-electron chi connectivity index (χ1n) is 3.95. The highest BCUT2D eigenvalue weighted by Crippen LogP contribution is 2.02. The molecule has 1 amide bonds. The number of pyridine rings is 1. The number of hydrogen-bond donors (Lipinski definition) is 1. The molecule has 64 valence electrons. The minimum Gasteiger partial charge on any atom is -0.352 e. The van der Waals surface area contributed by atoms with Crippen molar-refractivity contribution in [2.24, 2.45) is 0 Å². The molecule has 0 fully saturated rings. The number of aryl methyl sites for hydroxylation is 1. The molecular formula is C9H12N2O. The third-order valence-corrected chi connectivity index (χ3v) is 1.59. The van der Waals surface area contributed by atoms with Crippen LogP contribution in [0.1, 0.15) is 23.0 Å². The Balaban J connectivity index is 2.87. The van der Waals surface area contributed by atoms with Gasteiger partial charge in [0.25, 0.3) is 5.91 Å². The van der Waals surface area contributed by atoms with Gasteiger partial charge >= 0.3 is 0 Å². The lowest BCUT2D eigenvalue weighted by Crippen LogP contribution is -2.23. The molecule has 1 rings (SSSR count). The molecular weight excluding hydrogens is 152 g/mol. The molecule has 0 radical (unpaired) electrons. The fourth-order valence-electron chi connectivity index (χ4n) is 0.980. The third-order valence-electron chi connectivity index (χ3n) is 1.59. The van der Waals surface area contributed by atoms with E-state index in [9.17, 15) is 4.79 Å². The minimum atomic E-state index is -0.0527. The Morgan fingerprint density at radius 3 is 3.00 bits per heavy atom. The summed E-state index contributed by atoms with van der Waals surface area (Å²) in [7, 11) is 0. The van der Waals surface area contributed by atoms with E-state index in [-0.39, 0.29) is 5.91 Å². The van der Waals surface area contributed by atoms with Crippen LogP contribution < -0.4 is 5.32 Å². The Labute approximate surface area is 71.8 Å². The predicted octanol–water partition coefficient (Wildman–Crippen LogP) is 1.14. The van der Waals surface area contributed by atoms with Crippen LogP contribution in [0, 0.1) is 6.92 Å². The normalized spacial score (nSPS) is 9.50. The lowest BCUT2D eigenvalue weighted by Gasteiger charge is -2.03. The van der Waals surface area contributed by atoms with Crippen molar-refractivity contribution in [1.82, 2.24) is 10.3 Å². The van der Waals surface area contributed by atoms with Gasteiger partial charge in [0.15, 0.2) is 0 Å². The van der Waals surface area contributed by atoms with Gasteiger partial charge in [-0.1, -0.05) is 0 Å². The molecule has 1 N–H and O–H groups in total. The summed E-state index contributed by atoms with van der Waals surface area (Å²) in [6, 6.07) is 3.53. The number of carbonyl (C=O) groups excluding carboxylic acids is 1. The molecule has 3 nitrogen and oxygen atoms in total. The highest BCUT2D eigenvalue weighted by molar-refractivity contribution is 5.95. The van der Waals surface area contributed by atoms with E-state index in [2.05, 4.69) is 10.3 Å². The Morgan fingerprint density at radius 2 is 2.42 bits per heavy atom. The molecule has 0 aliphatic heterocycles. The molecule has 0 unspecified atom stereocenters. The fraction of sp³-hybridized carbons (Fsp3) is 0.333. The van der Waals surface area contributed by atoms with Gasteiger partial charge in [0.1, 0.15) is 0 Å². The second-order valence-electron chi connectivity index (χ2n) is 2.50. The van der Waals surface area contributed by atoms with Crippen molar-refractivity contribution in [1.29, 1.82) is 0 Å². The van der Waals surface area contributed by atoms with Crippen LogP contribution in [0.25, 0.3) is 0 Å². The molecule has 12 heavy (non-hydrogen) atoms. The highest BCUT2D eigenvalue weighted by atomic mass is 16.1. The number of aromatic nitrogens is 1. The average Bonchev–Trinajstić information content (AvgIpc) is 2.05. The van der Waals surface area contributed by atoms with Crippen molar-refractivity contribution in [3.8, 4) is 0 Å². The maximum Gasteiger partial charge on any atom is 0.253 e. The molecule has 0 aliphatic carbocycles. The Kier molecular flexibility index (Phi) is 2.80. The molecule has 1 heterocycles. The summed E-state index contributed by atoms with van der Waals surface area (Å²) in [5.74, 6) is -0.0527. The Morgan fingerprint density at radius 1 is 1.67 bits per heavy atom. The van der Waals surface area contributed by atoms with E-state index in [1.165, 1.54) is 0 Å². The molecule has 1 aromatic heterocycles. The van der Waals surface area contributed by atoms with Crippen LogP contribution in [-0.4, -0.2) is 17.4 Å². The Hall–Kier alpha value is -1.38. The quantitative estimate of drug-likeness (QED) is 0.712. The second-order valence-corrected chi connectivity index (χ2v) is 2.50. The zero-order chi connectivity index (χ0) is 8.97. The number of amides is 1. The largest absolute Gasteiger partial charge is 0.352 e. The van der Waals surface area contributed by atoms with Crippen molar-refractivity contribution >= 4 is 5.91 Å². The van der Waals surface area contributed by atoms with Gasteiger partial charge in [0, 0.05) is 18.4 Å². The number of hydrogen-bond acceptors (Lipinski definition) is 2. The zero-order valence-electron chi connectivity index (χ0n) is 7.29. The van der Waals surface area contributed by atoms with Crippen LogP contribution >= 0.6 is 0 Å². The van der Waals surface area contributed by atoms with Crippen LogP contribution in [-0.2, 0) is 0 Å². The van der Waals surface area contributed by atoms with Gasteiger partial charge in [-0.3, -0.25) is 9.78 Å². The molecule has 0 aliphatic rings. The number of rotatable bonds is 2. The standard InChI is InChI=1S/C9H12N2O/c1-3-10-9(12)8-5-4-6-11-7(8)2/h4-6H,3H2,1-2H3,(H,10,12). The first-order chi connectivity index (χ1) is 5.75. The maximum atomic E-state index is 11.3. The van der Waals surface area contributed by atoms with E-state index in [1.807, 2.05) is 13.8 Å². The summed E-state index contributed by atoms with van der Waals surface area (Å²) in [6.45, 7) is 4.36. The third kappa shape index (κ3) is 1.81. The summed E-state index contributed by atoms with van der Waals surface area (Å²) >= 11 is 0. The van der Waals surface area contributed by atoms with Gasteiger partial charge in [0.2, 0.25) is 0 Å². The molecule has 0 bridgehead atoms. The molecule has 0 saturated heterocycles. The summed E-state index contributed by atoms with van der Waals surface area (Å²) in [5, 5.41) is 2.72.